The first-order valence-electron chi connectivity index (χ1n) is 5.72. The van der Waals surface area contributed by atoms with Crippen LogP contribution in [0.4, 0.5) is 0 Å². The largest absolute Gasteiger partial charge is 0.348 e. The van der Waals surface area contributed by atoms with Crippen molar-refractivity contribution in [3.63, 3.8) is 0 Å². The van der Waals surface area contributed by atoms with Crippen LogP contribution in [0.3, 0.4) is 0 Å². The number of aryl methyl sites for hydroxylation is 3. The van der Waals surface area contributed by atoms with Crippen LogP contribution >= 0.6 is 15.9 Å². The number of aromatic nitrogens is 4. The Labute approximate surface area is 114 Å². The van der Waals surface area contributed by atoms with E-state index in [-0.39, 0.29) is 5.69 Å². The van der Waals surface area contributed by atoms with Gasteiger partial charge in [-0.15, -0.1) is 0 Å². The monoisotopic (exact) mass is 310 g/mol. The number of hydrogen-bond donors (Lipinski definition) is 0. The van der Waals surface area contributed by atoms with E-state index in [0.29, 0.717) is 13.1 Å². The molecule has 18 heavy (non-hydrogen) atoms. The fourth-order valence-corrected chi connectivity index (χ4v) is 2.19. The molecular weight excluding hydrogens is 296 g/mol. The van der Waals surface area contributed by atoms with E-state index in [2.05, 4.69) is 25.9 Å². The molecule has 0 radical (unpaired) electrons. The molecule has 0 spiro atoms. The highest BCUT2D eigenvalue weighted by atomic mass is 79.9. The highest BCUT2D eigenvalue weighted by molar-refractivity contribution is 9.10. The normalized spacial score (nSPS) is 10.9. The van der Waals surface area contributed by atoms with Gasteiger partial charge < -0.3 is 4.57 Å². The van der Waals surface area contributed by atoms with Gasteiger partial charge in [0.15, 0.2) is 0 Å². The maximum Gasteiger partial charge on any atom is 0.348 e. The van der Waals surface area contributed by atoms with Crippen molar-refractivity contribution in [1.82, 2.24) is 19.1 Å². The third-order valence-electron chi connectivity index (χ3n) is 3.02. The summed E-state index contributed by atoms with van der Waals surface area (Å²) in [5.74, 6) is 0.944. The molecule has 0 fully saturated rings. The number of halogens is 1. The van der Waals surface area contributed by atoms with Gasteiger partial charge in [-0.1, -0.05) is 0 Å². The van der Waals surface area contributed by atoms with Crippen molar-refractivity contribution in [2.24, 2.45) is 0 Å². The molecule has 2 heterocycles. The summed E-state index contributed by atoms with van der Waals surface area (Å²) in [6.07, 6.45) is 3.67. The van der Waals surface area contributed by atoms with Gasteiger partial charge in [0.05, 0.1) is 10.2 Å². The van der Waals surface area contributed by atoms with Crippen molar-refractivity contribution in [3.8, 4) is 0 Å². The third kappa shape index (κ3) is 2.38. The Morgan fingerprint density at radius 3 is 2.61 bits per heavy atom. The van der Waals surface area contributed by atoms with Crippen molar-refractivity contribution in [3.05, 3.63) is 44.6 Å². The minimum atomic E-state index is -0.203. The fourth-order valence-electron chi connectivity index (χ4n) is 1.89. The van der Waals surface area contributed by atoms with Gasteiger partial charge in [0, 0.05) is 31.2 Å². The van der Waals surface area contributed by atoms with E-state index >= 15 is 0 Å². The van der Waals surface area contributed by atoms with Gasteiger partial charge >= 0.3 is 5.69 Å². The summed E-state index contributed by atoms with van der Waals surface area (Å²) < 4.78 is 4.58. The van der Waals surface area contributed by atoms with Crippen molar-refractivity contribution >= 4 is 15.9 Å². The minimum absolute atomic E-state index is 0.203. The fraction of sp³-hybridized carbons (Fsp3) is 0.417. The average Bonchev–Trinajstić information content (AvgIpc) is 2.72. The van der Waals surface area contributed by atoms with E-state index in [1.165, 1.54) is 0 Å². The van der Waals surface area contributed by atoms with Crippen LogP contribution in [0.1, 0.15) is 17.2 Å². The van der Waals surface area contributed by atoms with Gasteiger partial charge in [0.2, 0.25) is 0 Å². The van der Waals surface area contributed by atoms with Crippen molar-refractivity contribution in [1.29, 1.82) is 0 Å². The summed E-state index contributed by atoms with van der Waals surface area (Å²) in [7, 11) is 0. The Morgan fingerprint density at radius 1 is 1.28 bits per heavy atom. The van der Waals surface area contributed by atoms with Crippen LogP contribution in [-0.2, 0) is 13.1 Å². The van der Waals surface area contributed by atoms with Crippen molar-refractivity contribution < 1.29 is 0 Å². The lowest BCUT2D eigenvalue weighted by atomic mass is 10.3. The molecule has 0 saturated carbocycles. The molecule has 2 aromatic heterocycles. The molecule has 2 aromatic rings. The zero-order valence-electron chi connectivity index (χ0n) is 10.6. The van der Waals surface area contributed by atoms with E-state index in [1.54, 1.807) is 10.8 Å². The van der Waals surface area contributed by atoms with E-state index < -0.39 is 0 Å². The SMILES string of the molecule is Cc1nc(=O)n(CCn2ccnc2C)c(C)c1Br. The lowest BCUT2D eigenvalue weighted by Gasteiger charge is -2.13. The van der Waals surface area contributed by atoms with E-state index in [4.69, 9.17) is 0 Å². The Kier molecular flexibility index (Phi) is 3.65. The third-order valence-corrected chi connectivity index (χ3v) is 4.17. The highest BCUT2D eigenvalue weighted by Crippen LogP contribution is 2.16. The molecule has 0 amide bonds. The number of rotatable bonds is 3. The zero-order chi connectivity index (χ0) is 13.3. The molecule has 0 N–H and O–H groups in total. The van der Waals surface area contributed by atoms with Gasteiger partial charge in [-0.05, 0) is 36.7 Å². The summed E-state index contributed by atoms with van der Waals surface area (Å²) in [5, 5.41) is 0. The summed E-state index contributed by atoms with van der Waals surface area (Å²) in [6.45, 7) is 6.99. The van der Waals surface area contributed by atoms with Gasteiger partial charge in [0.1, 0.15) is 5.82 Å². The van der Waals surface area contributed by atoms with Gasteiger partial charge in [-0.2, -0.15) is 4.98 Å². The quantitative estimate of drug-likeness (QED) is 0.869. The lowest BCUT2D eigenvalue weighted by Crippen LogP contribution is -2.28. The second-order valence-corrected chi connectivity index (χ2v) is 4.99. The maximum atomic E-state index is 11.9. The molecule has 0 aliphatic rings. The van der Waals surface area contributed by atoms with Crippen LogP contribution in [0.5, 0.6) is 0 Å². The van der Waals surface area contributed by atoms with Crippen LogP contribution < -0.4 is 5.69 Å². The smallest absolute Gasteiger partial charge is 0.333 e. The molecule has 5 nitrogen and oxygen atoms in total. The Bertz CT molecular complexity index is 629. The Balaban J connectivity index is 2.28. The van der Waals surface area contributed by atoms with E-state index in [0.717, 1.165) is 21.7 Å². The second-order valence-electron chi connectivity index (χ2n) is 4.20. The molecule has 0 atom stereocenters. The molecule has 6 heteroatoms. The predicted octanol–water partition coefficient (Wildman–Crippen LogP) is 1.83. The first-order chi connectivity index (χ1) is 8.50. The van der Waals surface area contributed by atoms with E-state index in [1.807, 2.05) is 31.5 Å². The Hall–Kier alpha value is -1.43. The topological polar surface area (TPSA) is 52.7 Å². The van der Waals surface area contributed by atoms with Crippen LogP contribution in [-0.4, -0.2) is 19.1 Å². The first kappa shape index (κ1) is 13.0. The summed E-state index contributed by atoms with van der Waals surface area (Å²) in [6, 6.07) is 0. The summed E-state index contributed by atoms with van der Waals surface area (Å²) in [5.41, 5.74) is 1.43. The van der Waals surface area contributed by atoms with Crippen LogP contribution in [0.25, 0.3) is 0 Å². The second kappa shape index (κ2) is 5.06. The number of imidazole rings is 1. The first-order valence-corrected chi connectivity index (χ1v) is 6.51. The highest BCUT2D eigenvalue weighted by Gasteiger charge is 2.09. The molecule has 0 bridgehead atoms. The lowest BCUT2D eigenvalue weighted by molar-refractivity contribution is 0.533. The molecule has 0 saturated heterocycles. The van der Waals surface area contributed by atoms with Crippen LogP contribution in [0, 0.1) is 20.8 Å². The zero-order valence-corrected chi connectivity index (χ0v) is 12.2. The summed E-state index contributed by atoms with van der Waals surface area (Å²) >= 11 is 3.46. The standard InChI is InChI=1S/C12H15BrN4O/c1-8-11(13)9(2)17(12(18)15-8)7-6-16-5-4-14-10(16)3/h4-5H,6-7H2,1-3H3. The molecule has 0 unspecified atom stereocenters. The molecule has 96 valence electrons. The van der Waals surface area contributed by atoms with Gasteiger partial charge in [-0.25, -0.2) is 9.78 Å². The molecule has 0 aliphatic heterocycles. The van der Waals surface area contributed by atoms with E-state index in [9.17, 15) is 4.79 Å². The maximum absolute atomic E-state index is 11.9. The van der Waals surface area contributed by atoms with Crippen molar-refractivity contribution in [2.45, 2.75) is 33.9 Å². The molecular formula is C12H15BrN4O. The number of nitrogens with zero attached hydrogens (tertiary/aromatic N) is 4. The van der Waals surface area contributed by atoms with Crippen LogP contribution in [0.2, 0.25) is 0 Å². The molecule has 0 aromatic carbocycles. The summed E-state index contributed by atoms with van der Waals surface area (Å²) in [4.78, 5) is 20.0. The Morgan fingerprint density at radius 2 is 2.00 bits per heavy atom. The molecule has 0 aliphatic carbocycles. The minimum Gasteiger partial charge on any atom is -0.333 e. The average molecular weight is 311 g/mol. The van der Waals surface area contributed by atoms with Gasteiger partial charge in [0.25, 0.3) is 0 Å². The predicted molar refractivity (Wildman–Crippen MR) is 72.6 cm³/mol. The van der Waals surface area contributed by atoms with Crippen molar-refractivity contribution in [2.75, 3.05) is 0 Å². The van der Waals surface area contributed by atoms with Crippen LogP contribution in [0.15, 0.2) is 21.7 Å². The van der Waals surface area contributed by atoms with Gasteiger partial charge in [-0.3, -0.25) is 4.57 Å². The number of hydrogen-bond acceptors (Lipinski definition) is 3. The molecule has 2 rings (SSSR count).